The highest BCUT2D eigenvalue weighted by molar-refractivity contribution is 7.22. The molecule has 3 heteroatoms. The van der Waals surface area contributed by atoms with Gasteiger partial charge in [0.25, 0.3) is 0 Å². The number of aromatic nitrogens is 1. The summed E-state index contributed by atoms with van der Waals surface area (Å²) in [6.07, 6.45) is 2.31. The van der Waals surface area contributed by atoms with Crippen LogP contribution in [0.3, 0.4) is 0 Å². The molecule has 0 radical (unpaired) electrons. The highest BCUT2D eigenvalue weighted by atomic mass is 35.5. The fourth-order valence-corrected chi connectivity index (χ4v) is 2.48. The minimum absolute atomic E-state index is 0.628. The van der Waals surface area contributed by atoms with Gasteiger partial charge in [0.05, 0.1) is 10.2 Å². The first-order valence-electron chi connectivity index (χ1n) is 4.34. The smallest absolute Gasteiger partial charge is 0.184 e. The number of benzene rings is 1. The van der Waals surface area contributed by atoms with Crippen molar-refractivity contribution < 1.29 is 0 Å². The molecule has 1 heterocycles. The molecule has 68 valence electrons. The van der Waals surface area contributed by atoms with E-state index in [9.17, 15) is 0 Å². The van der Waals surface area contributed by atoms with E-state index in [0.717, 1.165) is 11.9 Å². The normalized spacial score (nSPS) is 10.9. The van der Waals surface area contributed by atoms with Crippen LogP contribution in [0.4, 0.5) is 0 Å². The maximum absolute atomic E-state index is 5.82. The van der Waals surface area contributed by atoms with Crippen molar-refractivity contribution in [1.29, 1.82) is 0 Å². The van der Waals surface area contributed by atoms with Gasteiger partial charge in [-0.2, -0.15) is 0 Å². The first-order valence-corrected chi connectivity index (χ1v) is 5.54. The molecule has 0 saturated heterocycles. The Morgan fingerprint density at radius 1 is 1.46 bits per heavy atom. The molecule has 0 aliphatic rings. The van der Waals surface area contributed by atoms with Crippen molar-refractivity contribution in [2.75, 3.05) is 0 Å². The summed E-state index contributed by atoms with van der Waals surface area (Å²) in [5.41, 5.74) is 2.38. The minimum atomic E-state index is 0.628. The van der Waals surface area contributed by atoms with Crippen LogP contribution in [0.25, 0.3) is 10.2 Å². The van der Waals surface area contributed by atoms with Crippen LogP contribution in [0.1, 0.15) is 18.9 Å². The zero-order chi connectivity index (χ0) is 9.26. The predicted molar refractivity (Wildman–Crippen MR) is 58.6 cm³/mol. The van der Waals surface area contributed by atoms with Crippen LogP contribution in [-0.4, -0.2) is 4.98 Å². The first kappa shape index (κ1) is 8.97. The lowest BCUT2D eigenvalue weighted by atomic mass is 10.1. The number of hydrogen-bond donors (Lipinski definition) is 0. The van der Waals surface area contributed by atoms with Gasteiger partial charge in [-0.05, 0) is 24.1 Å². The first-order chi connectivity index (χ1) is 6.29. The van der Waals surface area contributed by atoms with E-state index >= 15 is 0 Å². The predicted octanol–water partition coefficient (Wildman–Crippen LogP) is 3.90. The minimum Gasteiger partial charge on any atom is -0.225 e. The fourth-order valence-electron chi connectivity index (χ4n) is 1.39. The van der Waals surface area contributed by atoms with Crippen LogP contribution >= 0.6 is 22.9 Å². The molecule has 0 spiro atoms. The van der Waals surface area contributed by atoms with Crippen molar-refractivity contribution in [2.45, 2.75) is 19.8 Å². The molecule has 2 aromatic rings. The fraction of sp³-hybridized carbons (Fsp3) is 0.300. The van der Waals surface area contributed by atoms with E-state index in [1.807, 2.05) is 6.07 Å². The largest absolute Gasteiger partial charge is 0.225 e. The Morgan fingerprint density at radius 3 is 3.08 bits per heavy atom. The van der Waals surface area contributed by atoms with Gasteiger partial charge in [-0.3, -0.25) is 0 Å². The SMILES string of the molecule is CCCc1ccc2nc(Cl)sc2c1. The maximum Gasteiger partial charge on any atom is 0.184 e. The van der Waals surface area contributed by atoms with Crippen LogP contribution in [0.2, 0.25) is 4.47 Å². The lowest BCUT2D eigenvalue weighted by molar-refractivity contribution is 0.924. The lowest BCUT2D eigenvalue weighted by Crippen LogP contribution is -1.80. The molecule has 1 nitrogen and oxygen atoms in total. The second-order valence-electron chi connectivity index (χ2n) is 3.02. The Labute approximate surface area is 86.4 Å². The molecular weight excluding hydrogens is 202 g/mol. The summed E-state index contributed by atoms with van der Waals surface area (Å²) < 4.78 is 1.82. The molecular formula is C10H10ClNS. The van der Waals surface area contributed by atoms with Gasteiger partial charge in [0.15, 0.2) is 4.47 Å². The van der Waals surface area contributed by atoms with Crippen molar-refractivity contribution in [1.82, 2.24) is 4.98 Å². The summed E-state index contributed by atoms with van der Waals surface area (Å²) in [7, 11) is 0. The molecule has 2 rings (SSSR count). The Bertz CT molecular complexity index is 422. The van der Waals surface area contributed by atoms with Crippen molar-refractivity contribution in [2.24, 2.45) is 0 Å². The molecule has 0 unspecified atom stereocenters. The van der Waals surface area contributed by atoms with E-state index in [0.29, 0.717) is 4.47 Å². The third-order valence-corrected chi connectivity index (χ3v) is 3.09. The molecule has 0 saturated carbocycles. The number of fused-ring (bicyclic) bond motifs is 1. The Hall–Kier alpha value is -0.600. The molecule has 1 aromatic heterocycles. The molecule has 0 aliphatic heterocycles. The van der Waals surface area contributed by atoms with E-state index in [-0.39, 0.29) is 0 Å². The summed E-state index contributed by atoms with van der Waals surface area (Å²) in [4.78, 5) is 4.20. The summed E-state index contributed by atoms with van der Waals surface area (Å²) in [6, 6.07) is 6.35. The second kappa shape index (κ2) is 3.64. The topological polar surface area (TPSA) is 12.9 Å². The zero-order valence-electron chi connectivity index (χ0n) is 7.38. The van der Waals surface area contributed by atoms with Crippen molar-refractivity contribution >= 4 is 33.2 Å². The quantitative estimate of drug-likeness (QED) is 0.734. The molecule has 0 fully saturated rings. The third kappa shape index (κ3) is 1.84. The van der Waals surface area contributed by atoms with Gasteiger partial charge in [0, 0.05) is 0 Å². The number of rotatable bonds is 2. The second-order valence-corrected chi connectivity index (χ2v) is 4.63. The van der Waals surface area contributed by atoms with E-state index in [1.165, 1.54) is 16.7 Å². The monoisotopic (exact) mass is 211 g/mol. The Kier molecular flexibility index (Phi) is 2.51. The van der Waals surface area contributed by atoms with E-state index in [1.54, 1.807) is 11.3 Å². The summed E-state index contributed by atoms with van der Waals surface area (Å²) in [5, 5.41) is 0. The van der Waals surface area contributed by atoms with Crippen LogP contribution in [0, 0.1) is 0 Å². The van der Waals surface area contributed by atoms with Gasteiger partial charge in [0.2, 0.25) is 0 Å². The average Bonchev–Trinajstić information content (AvgIpc) is 2.44. The molecule has 0 N–H and O–H groups in total. The van der Waals surface area contributed by atoms with Gasteiger partial charge in [-0.25, -0.2) is 4.98 Å². The van der Waals surface area contributed by atoms with Gasteiger partial charge in [-0.15, -0.1) is 11.3 Å². The molecule has 0 amide bonds. The van der Waals surface area contributed by atoms with Crippen LogP contribution in [-0.2, 0) is 6.42 Å². The van der Waals surface area contributed by atoms with Crippen molar-refractivity contribution in [3.63, 3.8) is 0 Å². The Morgan fingerprint density at radius 2 is 2.31 bits per heavy atom. The maximum atomic E-state index is 5.82. The summed E-state index contributed by atoms with van der Waals surface area (Å²) >= 11 is 7.37. The lowest BCUT2D eigenvalue weighted by Gasteiger charge is -1.96. The standard InChI is InChI=1S/C10H10ClNS/c1-2-3-7-4-5-8-9(6-7)13-10(11)12-8/h4-6H,2-3H2,1H3. The number of aryl methyl sites for hydroxylation is 1. The van der Waals surface area contributed by atoms with Gasteiger partial charge >= 0.3 is 0 Å². The summed E-state index contributed by atoms with van der Waals surface area (Å²) in [6.45, 7) is 2.18. The highest BCUT2D eigenvalue weighted by Crippen LogP contribution is 2.26. The van der Waals surface area contributed by atoms with Gasteiger partial charge in [0.1, 0.15) is 0 Å². The molecule has 0 atom stereocenters. The Balaban J connectivity index is 2.48. The number of halogens is 1. The van der Waals surface area contributed by atoms with Crippen LogP contribution < -0.4 is 0 Å². The highest BCUT2D eigenvalue weighted by Gasteiger charge is 2.01. The molecule has 13 heavy (non-hydrogen) atoms. The van der Waals surface area contributed by atoms with Crippen molar-refractivity contribution in [3.8, 4) is 0 Å². The molecule has 0 bridgehead atoms. The van der Waals surface area contributed by atoms with Gasteiger partial charge in [-0.1, -0.05) is 31.0 Å². The number of hydrogen-bond acceptors (Lipinski definition) is 2. The summed E-state index contributed by atoms with van der Waals surface area (Å²) in [5.74, 6) is 0. The average molecular weight is 212 g/mol. The van der Waals surface area contributed by atoms with Crippen molar-refractivity contribution in [3.05, 3.63) is 28.2 Å². The molecule has 1 aromatic carbocycles. The third-order valence-electron chi connectivity index (χ3n) is 1.97. The zero-order valence-corrected chi connectivity index (χ0v) is 8.95. The van der Waals surface area contributed by atoms with E-state index < -0.39 is 0 Å². The van der Waals surface area contributed by atoms with Crippen LogP contribution in [0.5, 0.6) is 0 Å². The van der Waals surface area contributed by atoms with E-state index in [4.69, 9.17) is 11.6 Å². The van der Waals surface area contributed by atoms with E-state index in [2.05, 4.69) is 24.0 Å². The number of thiazole rings is 1. The van der Waals surface area contributed by atoms with Crippen LogP contribution in [0.15, 0.2) is 18.2 Å². The van der Waals surface area contributed by atoms with Gasteiger partial charge < -0.3 is 0 Å². The number of nitrogens with zero attached hydrogens (tertiary/aromatic N) is 1. The molecule has 0 aliphatic carbocycles.